The van der Waals surface area contributed by atoms with Crippen LogP contribution in [-0.4, -0.2) is 5.78 Å². The molecule has 0 atom stereocenters. The molecule has 18 heavy (non-hydrogen) atoms. The number of unbranched alkanes of at least 4 members (excludes halogenated alkanes) is 3. The zero-order chi connectivity index (χ0) is 13.0. The number of hydrogen-bond donors (Lipinski definition) is 0. The summed E-state index contributed by atoms with van der Waals surface area (Å²) >= 11 is 0. The van der Waals surface area contributed by atoms with E-state index < -0.39 is 0 Å². The van der Waals surface area contributed by atoms with Gasteiger partial charge in [0.15, 0.2) is 5.78 Å². The van der Waals surface area contributed by atoms with E-state index in [1.807, 2.05) is 31.2 Å². The highest BCUT2D eigenvalue weighted by molar-refractivity contribution is 6.05. The van der Waals surface area contributed by atoms with E-state index in [2.05, 4.69) is 19.1 Å². The Balaban J connectivity index is 1.94. The number of carbonyl (C=O) groups is 1. The molecule has 0 bridgehead atoms. The van der Waals surface area contributed by atoms with Gasteiger partial charge in [-0.1, -0.05) is 74.6 Å². The number of carbonyl (C=O) groups excluding carboxylic acids is 1. The molecule has 0 fully saturated rings. The summed E-state index contributed by atoms with van der Waals surface area (Å²) in [6.07, 6.45) is 10.0. The summed E-state index contributed by atoms with van der Waals surface area (Å²) in [4.78, 5) is 12.4. The average Bonchev–Trinajstić information content (AvgIpc) is 3.16. The molecule has 0 unspecified atom stereocenters. The van der Waals surface area contributed by atoms with Gasteiger partial charge in [-0.15, -0.1) is 0 Å². The molecule has 2 rings (SSSR count). The summed E-state index contributed by atoms with van der Waals surface area (Å²) in [5.74, 6) is 0.277. The van der Waals surface area contributed by atoms with Crippen molar-refractivity contribution in [1.29, 1.82) is 0 Å². The minimum absolute atomic E-state index is 0.233. The zero-order valence-corrected chi connectivity index (χ0v) is 11.4. The van der Waals surface area contributed by atoms with Crippen molar-refractivity contribution < 1.29 is 4.79 Å². The molecule has 0 radical (unpaired) electrons. The van der Waals surface area contributed by atoms with Crippen molar-refractivity contribution in [2.75, 3.05) is 0 Å². The van der Waals surface area contributed by atoms with Gasteiger partial charge in [0.2, 0.25) is 0 Å². The normalized spacial score (nSPS) is 15.7. The highest BCUT2D eigenvalue weighted by atomic mass is 16.1. The lowest BCUT2D eigenvalue weighted by Gasteiger charge is -2.14. The maximum Gasteiger partial charge on any atom is 0.176 e. The van der Waals surface area contributed by atoms with E-state index >= 15 is 0 Å². The van der Waals surface area contributed by atoms with Gasteiger partial charge in [-0.3, -0.25) is 4.79 Å². The first-order valence-electron chi connectivity index (χ1n) is 7.00. The molecule has 0 saturated heterocycles. The van der Waals surface area contributed by atoms with Gasteiger partial charge in [-0.2, -0.15) is 0 Å². The molecule has 96 valence electrons. The van der Waals surface area contributed by atoms with Crippen LogP contribution in [0.2, 0.25) is 0 Å². The van der Waals surface area contributed by atoms with Crippen LogP contribution in [0.5, 0.6) is 0 Å². The Morgan fingerprint density at radius 3 is 2.28 bits per heavy atom. The third-order valence-corrected chi connectivity index (χ3v) is 3.75. The van der Waals surface area contributed by atoms with Crippen LogP contribution >= 0.6 is 0 Å². The van der Waals surface area contributed by atoms with Gasteiger partial charge in [0.25, 0.3) is 0 Å². The fraction of sp³-hybridized carbons (Fsp3) is 0.471. The van der Waals surface area contributed by atoms with Crippen molar-refractivity contribution >= 4 is 5.78 Å². The predicted octanol–water partition coefficient (Wildman–Crippen LogP) is 4.70. The summed E-state index contributed by atoms with van der Waals surface area (Å²) in [7, 11) is 0. The molecule has 1 aromatic rings. The summed E-state index contributed by atoms with van der Waals surface area (Å²) in [5, 5.41) is 0. The van der Waals surface area contributed by atoms with E-state index in [4.69, 9.17) is 0 Å². The van der Waals surface area contributed by atoms with Gasteiger partial charge in [0.1, 0.15) is 0 Å². The number of aryl methyl sites for hydroxylation is 1. The molecule has 0 N–H and O–H groups in total. The lowest BCUT2D eigenvalue weighted by molar-refractivity contribution is 0.0910. The second-order valence-electron chi connectivity index (χ2n) is 5.38. The van der Waals surface area contributed by atoms with Crippen LogP contribution in [0.15, 0.2) is 36.4 Å². The van der Waals surface area contributed by atoms with Crippen molar-refractivity contribution in [3.8, 4) is 0 Å². The number of ketones is 1. The summed E-state index contributed by atoms with van der Waals surface area (Å²) in [6, 6.07) is 7.93. The number of hydrogen-bond acceptors (Lipinski definition) is 1. The van der Waals surface area contributed by atoms with Crippen LogP contribution in [0.4, 0.5) is 0 Å². The van der Waals surface area contributed by atoms with Crippen molar-refractivity contribution in [1.82, 2.24) is 0 Å². The smallest absolute Gasteiger partial charge is 0.176 e. The fourth-order valence-corrected chi connectivity index (χ4v) is 2.35. The summed E-state index contributed by atoms with van der Waals surface area (Å²) < 4.78 is 0. The van der Waals surface area contributed by atoms with Crippen molar-refractivity contribution in [2.45, 2.75) is 46.0 Å². The van der Waals surface area contributed by atoms with Crippen LogP contribution in [-0.2, 0) is 0 Å². The van der Waals surface area contributed by atoms with Crippen LogP contribution in [0.25, 0.3) is 0 Å². The van der Waals surface area contributed by atoms with E-state index in [1.54, 1.807) is 0 Å². The van der Waals surface area contributed by atoms with Crippen LogP contribution in [0, 0.1) is 12.3 Å². The Hall–Kier alpha value is -1.37. The lowest BCUT2D eigenvalue weighted by atomic mass is 9.87. The van der Waals surface area contributed by atoms with Gasteiger partial charge >= 0.3 is 0 Å². The third kappa shape index (κ3) is 2.90. The Morgan fingerprint density at radius 1 is 1.06 bits per heavy atom. The summed E-state index contributed by atoms with van der Waals surface area (Å²) in [5.41, 5.74) is 1.82. The maximum atomic E-state index is 12.4. The van der Waals surface area contributed by atoms with Gasteiger partial charge in [-0.05, 0) is 13.3 Å². The van der Waals surface area contributed by atoms with Crippen LogP contribution < -0.4 is 0 Å². The van der Waals surface area contributed by atoms with Crippen LogP contribution in [0.1, 0.15) is 54.9 Å². The second-order valence-corrected chi connectivity index (χ2v) is 5.38. The quantitative estimate of drug-likeness (QED) is 0.384. The molecule has 0 spiro atoms. The first-order valence-corrected chi connectivity index (χ1v) is 7.00. The van der Waals surface area contributed by atoms with Crippen LogP contribution in [0.3, 0.4) is 0 Å². The number of benzene rings is 1. The Morgan fingerprint density at radius 2 is 1.72 bits per heavy atom. The molecule has 1 nitrogen and oxygen atoms in total. The Kier molecular flexibility index (Phi) is 4.00. The second kappa shape index (κ2) is 5.51. The highest BCUT2D eigenvalue weighted by Gasteiger charge is 2.41. The SMILES string of the molecule is CCCCCCC1(C(=O)c2ccc(C)cc2)C=C1. The van der Waals surface area contributed by atoms with Gasteiger partial charge in [0.05, 0.1) is 5.41 Å². The lowest BCUT2D eigenvalue weighted by Crippen LogP contribution is -2.17. The zero-order valence-electron chi connectivity index (χ0n) is 11.4. The third-order valence-electron chi connectivity index (χ3n) is 3.75. The van der Waals surface area contributed by atoms with E-state index in [1.165, 1.54) is 24.8 Å². The molecule has 0 aliphatic heterocycles. The molecule has 1 heteroatoms. The van der Waals surface area contributed by atoms with Crippen molar-refractivity contribution in [3.63, 3.8) is 0 Å². The van der Waals surface area contributed by atoms with E-state index in [9.17, 15) is 4.79 Å². The van der Waals surface area contributed by atoms with E-state index in [0.717, 1.165) is 18.4 Å². The average molecular weight is 242 g/mol. The molecular weight excluding hydrogens is 220 g/mol. The monoisotopic (exact) mass is 242 g/mol. The Labute approximate surface area is 110 Å². The minimum atomic E-state index is -0.233. The van der Waals surface area contributed by atoms with Gasteiger partial charge < -0.3 is 0 Å². The maximum absolute atomic E-state index is 12.4. The van der Waals surface area contributed by atoms with E-state index in [-0.39, 0.29) is 11.2 Å². The van der Waals surface area contributed by atoms with Gasteiger partial charge in [0, 0.05) is 5.56 Å². The van der Waals surface area contributed by atoms with E-state index in [0.29, 0.717) is 0 Å². The van der Waals surface area contributed by atoms with Gasteiger partial charge in [-0.25, -0.2) is 0 Å². The highest BCUT2D eigenvalue weighted by Crippen LogP contribution is 2.43. The number of allylic oxidation sites excluding steroid dienone is 2. The minimum Gasteiger partial charge on any atom is -0.293 e. The molecule has 0 amide bonds. The summed E-state index contributed by atoms with van der Waals surface area (Å²) in [6.45, 7) is 4.26. The molecule has 0 heterocycles. The van der Waals surface area contributed by atoms with Crippen molar-refractivity contribution in [2.24, 2.45) is 5.41 Å². The Bertz CT molecular complexity index is 433. The molecule has 1 aliphatic carbocycles. The molecular formula is C17H22O. The first kappa shape index (κ1) is 13.1. The molecule has 1 aliphatic rings. The number of rotatable bonds is 7. The molecule has 1 aromatic carbocycles. The molecule has 0 aromatic heterocycles. The molecule has 0 saturated carbocycles. The number of Topliss-reactive ketones (excluding diaryl/α,β-unsaturated/α-hetero) is 1. The predicted molar refractivity (Wildman–Crippen MR) is 75.8 cm³/mol. The largest absolute Gasteiger partial charge is 0.293 e. The topological polar surface area (TPSA) is 17.1 Å². The fourth-order valence-electron chi connectivity index (χ4n) is 2.35. The van der Waals surface area contributed by atoms with Crippen molar-refractivity contribution in [3.05, 3.63) is 47.5 Å². The standard InChI is InChI=1S/C17H22O/c1-3-4-5-6-11-17(12-13-17)16(18)15-9-7-14(2)8-10-15/h7-10,12-13H,3-6,11H2,1-2H3. The first-order chi connectivity index (χ1) is 8.68.